The fourth-order valence-corrected chi connectivity index (χ4v) is 2.03. The predicted molar refractivity (Wildman–Crippen MR) is 34.0 cm³/mol. The van der Waals surface area contributed by atoms with Crippen LogP contribution in [0.5, 0.6) is 0 Å². The summed E-state index contributed by atoms with van der Waals surface area (Å²) in [6.45, 7) is 0. The van der Waals surface area contributed by atoms with Gasteiger partial charge in [-0.25, -0.2) is 10.1 Å². The molecule has 2 rings (SSSR count). The first-order chi connectivity index (χ1) is 4.92. The molecule has 58 valence electrons. The van der Waals surface area contributed by atoms with Gasteiger partial charge in [0, 0.05) is 0 Å². The van der Waals surface area contributed by atoms with E-state index in [1.54, 1.807) is 0 Å². The summed E-state index contributed by atoms with van der Waals surface area (Å²) in [5, 5.41) is 11.7. The second kappa shape index (κ2) is 2.49. The first-order valence-corrected chi connectivity index (χ1v) is 3.88. The fourth-order valence-electron chi connectivity index (χ4n) is 2.03. The fraction of sp³-hybridized carbons (Fsp3) is 1.00. The molecule has 0 saturated heterocycles. The smallest absolute Gasteiger partial charge is 0.0992 e. The molecule has 0 aromatic carbocycles. The maximum atomic E-state index is 8.03. The number of hydrogen-bond donors (Lipinski definition) is 1. The molecule has 0 radical (unpaired) electrons. The lowest BCUT2D eigenvalue weighted by Crippen LogP contribution is -2.19. The van der Waals surface area contributed by atoms with E-state index in [1.165, 1.54) is 19.3 Å². The van der Waals surface area contributed by atoms with Crippen LogP contribution in [0.25, 0.3) is 0 Å². The molecule has 0 spiro atoms. The molecule has 0 aliphatic heterocycles. The molecule has 2 aliphatic carbocycles. The van der Waals surface area contributed by atoms with Crippen LogP contribution in [0.1, 0.15) is 25.7 Å². The first kappa shape index (κ1) is 6.58. The Morgan fingerprint density at radius 1 is 1.30 bits per heavy atom. The minimum Gasteiger partial charge on any atom is -0.221 e. The number of fused-ring (bicyclic) bond motifs is 1. The Kier molecular flexibility index (Phi) is 1.64. The van der Waals surface area contributed by atoms with Gasteiger partial charge >= 0.3 is 0 Å². The van der Waals surface area contributed by atoms with Crippen molar-refractivity contribution < 1.29 is 15.2 Å². The van der Waals surface area contributed by atoms with Gasteiger partial charge < -0.3 is 0 Å². The predicted octanol–water partition coefficient (Wildman–Crippen LogP) is 1.60. The highest BCUT2D eigenvalue weighted by molar-refractivity contribution is 4.95. The van der Waals surface area contributed by atoms with E-state index in [0.717, 1.165) is 12.3 Å². The van der Waals surface area contributed by atoms with Gasteiger partial charge in [-0.2, -0.15) is 0 Å². The van der Waals surface area contributed by atoms with Crippen molar-refractivity contribution in [1.29, 1.82) is 0 Å². The number of rotatable bonds is 2. The zero-order valence-corrected chi connectivity index (χ0v) is 5.82. The Labute approximate surface area is 59.8 Å². The summed E-state index contributed by atoms with van der Waals surface area (Å²) in [7, 11) is 0. The molecule has 0 bridgehead atoms. The van der Waals surface area contributed by atoms with Crippen molar-refractivity contribution >= 4 is 0 Å². The molecule has 0 aromatic rings. The molecule has 1 N–H and O–H groups in total. The third-order valence-corrected chi connectivity index (χ3v) is 2.69. The molecule has 0 aromatic heterocycles. The lowest BCUT2D eigenvalue weighted by Gasteiger charge is -2.17. The third kappa shape index (κ3) is 1.05. The van der Waals surface area contributed by atoms with Crippen molar-refractivity contribution in [2.45, 2.75) is 31.8 Å². The van der Waals surface area contributed by atoms with Gasteiger partial charge in [-0.15, -0.1) is 0 Å². The molecule has 2 saturated carbocycles. The van der Waals surface area contributed by atoms with Crippen molar-refractivity contribution in [3.63, 3.8) is 0 Å². The van der Waals surface area contributed by atoms with Gasteiger partial charge in [0.25, 0.3) is 0 Å². The summed E-state index contributed by atoms with van der Waals surface area (Å²) >= 11 is 0. The summed E-state index contributed by atoms with van der Waals surface area (Å²) in [4.78, 5) is 4.69. The highest BCUT2D eigenvalue weighted by Crippen LogP contribution is 2.50. The summed E-state index contributed by atoms with van der Waals surface area (Å²) in [5.74, 6) is 1.55. The van der Waals surface area contributed by atoms with Crippen LogP contribution in [0.4, 0.5) is 0 Å². The molecule has 0 unspecified atom stereocenters. The average Bonchev–Trinajstić information content (AvgIpc) is 2.67. The van der Waals surface area contributed by atoms with Gasteiger partial charge in [0.2, 0.25) is 0 Å². The van der Waals surface area contributed by atoms with Crippen molar-refractivity contribution in [3.05, 3.63) is 0 Å². The summed E-state index contributed by atoms with van der Waals surface area (Å²) < 4.78 is 0. The SMILES string of the molecule is OOO[C@H]1CCC[C@H]2C[C@H]21. The maximum absolute atomic E-state index is 8.03. The van der Waals surface area contributed by atoms with Gasteiger partial charge in [-0.05, 0) is 31.1 Å². The van der Waals surface area contributed by atoms with E-state index in [9.17, 15) is 0 Å². The molecular formula is C7H12O3. The van der Waals surface area contributed by atoms with Crippen LogP contribution in [-0.4, -0.2) is 11.4 Å². The van der Waals surface area contributed by atoms with E-state index in [4.69, 9.17) is 10.1 Å². The van der Waals surface area contributed by atoms with E-state index in [0.29, 0.717) is 5.92 Å². The Balaban J connectivity index is 1.84. The van der Waals surface area contributed by atoms with E-state index < -0.39 is 0 Å². The van der Waals surface area contributed by atoms with Gasteiger partial charge in [-0.1, -0.05) is 11.5 Å². The Hall–Kier alpha value is -0.120. The van der Waals surface area contributed by atoms with Gasteiger partial charge in [0.15, 0.2) is 0 Å². The Morgan fingerprint density at radius 2 is 2.20 bits per heavy atom. The molecule has 3 atom stereocenters. The molecule has 10 heavy (non-hydrogen) atoms. The highest BCUT2D eigenvalue weighted by Gasteiger charge is 2.46. The van der Waals surface area contributed by atoms with E-state index in [-0.39, 0.29) is 6.10 Å². The minimum atomic E-state index is 0.170. The van der Waals surface area contributed by atoms with E-state index >= 15 is 0 Å². The molecule has 3 nitrogen and oxygen atoms in total. The van der Waals surface area contributed by atoms with Crippen molar-refractivity contribution in [2.24, 2.45) is 11.8 Å². The van der Waals surface area contributed by atoms with Crippen LogP contribution in [0.15, 0.2) is 0 Å². The van der Waals surface area contributed by atoms with Crippen LogP contribution in [0, 0.1) is 11.8 Å². The zero-order chi connectivity index (χ0) is 6.97. The Bertz CT molecular complexity index is 124. The molecular weight excluding hydrogens is 132 g/mol. The molecule has 2 aliphatic rings. The standard InChI is InChI=1S/C7H12O3/c8-10-9-7-3-1-2-5-4-6(5)7/h5-8H,1-4H2/t5-,6+,7-/m0/s1. The molecule has 0 heterocycles. The largest absolute Gasteiger partial charge is 0.221 e. The minimum absolute atomic E-state index is 0.170. The lowest BCUT2D eigenvalue weighted by molar-refractivity contribution is -0.509. The van der Waals surface area contributed by atoms with Gasteiger partial charge in [0.05, 0.1) is 6.10 Å². The zero-order valence-electron chi connectivity index (χ0n) is 5.82. The highest BCUT2D eigenvalue weighted by atomic mass is 17.5. The molecule has 2 fully saturated rings. The molecule has 0 amide bonds. The number of hydrogen-bond acceptors (Lipinski definition) is 3. The maximum Gasteiger partial charge on any atom is 0.0992 e. The summed E-state index contributed by atoms with van der Waals surface area (Å²) in [6, 6.07) is 0. The lowest BCUT2D eigenvalue weighted by atomic mass is 9.98. The quantitative estimate of drug-likeness (QED) is 0.472. The third-order valence-electron chi connectivity index (χ3n) is 2.69. The van der Waals surface area contributed by atoms with Crippen molar-refractivity contribution in [3.8, 4) is 0 Å². The van der Waals surface area contributed by atoms with E-state index in [1.807, 2.05) is 0 Å². The normalized spacial score (nSPS) is 44.7. The van der Waals surface area contributed by atoms with Crippen LogP contribution >= 0.6 is 0 Å². The van der Waals surface area contributed by atoms with Crippen LogP contribution < -0.4 is 0 Å². The van der Waals surface area contributed by atoms with Gasteiger partial charge in [-0.3, -0.25) is 0 Å². The van der Waals surface area contributed by atoms with Crippen molar-refractivity contribution in [1.82, 2.24) is 0 Å². The second-order valence-corrected chi connectivity index (χ2v) is 3.30. The summed E-state index contributed by atoms with van der Waals surface area (Å²) in [5.41, 5.74) is 0. The van der Waals surface area contributed by atoms with Crippen molar-refractivity contribution in [2.75, 3.05) is 0 Å². The first-order valence-electron chi connectivity index (χ1n) is 3.88. The van der Waals surface area contributed by atoms with Crippen LogP contribution in [-0.2, 0) is 9.93 Å². The van der Waals surface area contributed by atoms with Gasteiger partial charge in [0.1, 0.15) is 0 Å². The average molecular weight is 144 g/mol. The second-order valence-electron chi connectivity index (χ2n) is 3.30. The monoisotopic (exact) mass is 144 g/mol. The summed E-state index contributed by atoms with van der Waals surface area (Å²) in [6.07, 6.45) is 5.05. The van der Waals surface area contributed by atoms with Crippen LogP contribution in [0.3, 0.4) is 0 Å². The molecule has 3 heteroatoms. The topological polar surface area (TPSA) is 38.7 Å². The van der Waals surface area contributed by atoms with E-state index in [2.05, 4.69) is 5.04 Å². The Morgan fingerprint density at radius 3 is 3.00 bits per heavy atom. The van der Waals surface area contributed by atoms with Crippen LogP contribution in [0.2, 0.25) is 0 Å².